The van der Waals surface area contributed by atoms with Crippen molar-refractivity contribution in [3.8, 4) is 11.5 Å². The summed E-state index contributed by atoms with van der Waals surface area (Å²) in [5.74, 6) is 0.219. The first-order valence-corrected chi connectivity index (χ1v) is 13.4. The van der Waals surface area contributed by atoms with E-state index in [0.717, 1.165) is 21.3 Å². The van der Waals surface area contributed by atoms with Gasteiger partial charge in [-0.3, -0.25) is 4.79 Å². The lowest BCUT2D eigenvalue weighted by atomic mass is 9.68. The molecule has 196 valence electrons. The number of rotatable bonds is 7. The Morgan fingerprint density at radius 3 is 2.57 bits per heavy atom. The Hall–Kier alpha value is -2.77. The third kappa shape index (κ3) is 5.73. The van der Waals surface area contributed by atoms with Gasteiger partial charge < -0.3 is 19.5 Å². The molecule has 0 radical (unpaired) electrons. The van der Waals surface area contributed by atoms with E-state index in [9.17, 15) is 9.59 Å². The van der Waals surface area contributed by atoms with Gasteiger partial charge in [0.15, 0.2) is 5.78 Å². The van der Waals surface area contributed by atoms with Crippen molar-refractivity contribution >= 4 is 39.3 Å². The van der Waals surface area contributed by atoms with Gasteiger partial charge in [-0.25, -0.2) is 4.79 Å². The Morgan fingerprint density at radius 2 is 1.89 bits per heavy atom. The van der Waals surface area contributed by atoms with Crippen molar-refractivity contribution in [1.29, 1.82) is 0 Å². The maximum atomic E-state index is 13.5. The highest BCUT2D eigenvalue weighted by Gasteiger charge is 2.43. The Kier molecular flexibility index (Phi) is 8.05. The van der Waals surface area contributed by atoms with Gasteiger partial charge in [-0.1, -0.05) is 47.4 Å². The van der Waals surface area contributed by atoms with Crippen molar-refractivity contribution in [3.05, 3.63) is 79.6 Å². The van der Waals surface area contributed by atoms with Crippen LogP contribution in [0.3, 0.4) is 0 Å². The van der Waals surface area contributed by atoms with Crippen molar-refractivity contribution in [3.63, 3.8) is 0 Å². The molecule has 4 rings (SSSR count). The van der Waals surface area contributed by atoms with Crippen LogP contribution in [0.5, 0.6) is 11.5 Å². The zero-order valence-corrected chi connectivity index (χ0v) is 24.0. The highest BCUT2D eigenvalue weighted by molar-refractivity contribution is 9.10. The van der Waals surface area contributed by atoms with E-state index in [4.69, 9.17) is 25.8 Å². The molecule has 1 aliphatic carbocycles. The van der Waals surface area contributed by atoms with Crippen LogP contribution in [0.2, 0.25) is 5.02 Å². The van der Waals surface area contributed by atoms with Gasteiger partial charge in [0.05, 0.1) is 24.3 Å². The molecule has 0 bridgehead atoms. The largest absolute Gasteiger partial charge is 0.496 e. The molecular formula is C29H31BrClNO5. The fraction of sp³-hybridized carbons (Fsp3) is 0.379. The van der Waals surface area contributed by atoms with Crippen LogP contribution >= 0.6 is 27.5 Å². The van der Waals surface area contributed by atoms with Crippen LogP contribution in [0.1, 0.15) is 57.6 Å². The van der Waals surface area contributed by atoms with Gasteiger partial charge in [0.1, 0.15) is 18.1 Å². The first kappa shape index (κ1) is 27.3. The predicted octanol–water partition coefficient (Wildman–Crippen LogP) is 6.86. The lowest BCUT2D eigenvalue weighted by Crippen LogP contribution is -2.38. The number of methoxy groups -OCH3 is 1. The molecule has 0 fully saturated rings. The highest BCUT2D eigenvalue weighted by Crippen LogP contribution is 2.47. The van der Waals surface area contributed by atoms with Crippen molar-refractivity contribution in [2.24, 2.45) is 5.41 Å². The zero-order valence-electron chi connectivity index (χ0n) is 21.7. The van der Waals surface area contributed by atoms with Crippen LogP contribution in [0, 0.1) is 5.41 Å². The van der Waals surface area contributed by atoms with E-state index >= 15 is 0 Å². The standard InChI is InChI=1S/C29H31BrClNO5/c1-6-36-28(34)25-16(2)32-21-13-29(3,4)14-22(33)27(21)26(25)17-7-9-23(35-5)18(11-17)15-37-24-10-8-19(30)12-20(24)31/h7-12,26,32H,6,13-15H2,1-5H3/t26-/m0/s1. The number of benzene rings is 2. The van der Waals surface area contributed by atoms with Gasteiger partial charge in [-0.15, -0.1) is 0 Å². The molecule has 0 aromatic heterocycles. The SMILES string of the molecule is CCOC(=O)C1=C(C)NC2=C(C(=O)CC(C)(C)C2)[C@H]1c1ccc(OC)c(COc2ccc(Br)cc2Cl)c1. The number of dihydropyridines is 1. The van der Waals surface area contributed by atoms with Gasteiger partial charge in [-0.2, -0.15) is 0 Å². The monoisotopic (exact) mass is 587 g/mol. The fourth-order valence-corrected chi connectivity index (χ4v) is 5.82. The van der Waals surface area contributed by atoms with Crippen LogP contribution in [0.15, 0.2) is 63.4 Å². The molecule has 2 aromatic carbocycles. The molecule has 0 spiro atoms. The number of hydrogen-bond acceptors (Lipinski definition) is 6. The average Bonchev–Trinajstić information content (AvgIpc) is 2.81. The van der Waals surface area contributed by atoms with E-state index in [2.05, 4.69) is 35.1 Å². The van der Waals surface area contributed by atoms with Gasteiger partial charge in [0.2, 0.25) is 0 Å². The zero-order chi connectivity index (χ0) is 26.9. The number of nitrogens with one attached hydrogen (secondary N) is 1. The van der Waals surface area contributed by atoms with Crippen LogP contribution in [0.4, 0.5) is 0 Å². The van der Waals surface area contributed by atoms with E-state index in [1.165, 1.54) is 0 Å². The van der Waals surface area contributed by atoms with Gasteiger partial charge >= 0.3 is 5.97 Å². The molecule has 0 unspecified atom stereocenters. The van der Waals surface area contributed by atoms with Crippen LogP contribution in [-0.4, -0.2) is 25.5 Å². The number of allylic oxidation sites excluding steroid dienone is 3. The number of carbonyl (C=O) groups is 2. The second-order valence-electron chi connectivity index (χ2n) is 10.1. The summed E-state index contributed by atoms with van der Waals surface area (Å²) in [6.45, 7) is 8.23. The number of Topliss-reactive ketones (excluding diaryl/α,β-unsaturated/α-hetero) is 1. The van der Waals surface area contributed by atoms with E-state index in [1.54, 1.807) is 26.2 Å². The molecule has 0 amide bonds. The summed E-state index contributed by atoms with van der Waals surface area (Å²) in [6.07, 6.45) is 1.12. The summed E-state index contributed by atoms with van der Waals surface area (Å²) in [4.78, 5) is 26.7. The fourth-order valence-electron chi connectivity index (χ4n) is 5.09. The summed E-state index contributed by atoms with van der Waals surface area (Å²) in [7, 11) is 1.59. The van der Waals surface area contributed by atoms with Gasteiger partial charge in [0.25, 0.3) is 0 Å². The minimum absolute atomic E-state index is 0.0355. The third-order valence-corrected chi connectivity index (χ3v) is 7.44. The maximum Gasteiger partial charge on any atom is 0.336 e. The molecule has 1 aliphatic heterocycles. The maximum absolute atomic E-state index is 13.5. The molecule has 1 N–H and O–H groups in total. The lowest BCUT2D eigenvalue weighted by molar-refractivity contribution is -0.138. The van der Waals surface area contributed by atoms with E-state index < -0.39 is 11.9 Å². The molecule has 2 aliphatic rings. The van der Waals surface area contributed by atoms with Gasteiger partial charge in [-0.05, 0) is 61.6 Å². The lowest BCUT2D eigenvalue weighted by Gasteiger charge is -2.39. The third-order valence-electron chi connectivity index (χ3n) is 6.65. The second-order valence-corrected chi connectivity index (χ2v) is 11.4. The first-order chi connectivity index (χ1) is 17.5. The molecular weight excluding hydrogens is 558 g/mol. The van der Waals surface area contributed by atoms with Crippen molar-refractivity contribution < 1.29 is 23.8 Å². The molecule has 1 heterocycles. The quantitative estimate of drug-likeness (QED) is 0.356. The Morgan fingerprint density at radius 1 is 1.16 bits per heavy atom. The molecule has 6 nitrogen and oxygen atoms in total. The summed E-state index contributed by atoms with van der Waals surface area (Å²) >= 11 is 9.75. The van der Waals surface area contributed by atoms with E-state index in [0.29, 0.717) is 46.2 Å². The molecule has 1 atom stereocenters. The number of ketones is 1. The summed E-state index contributed by atoms with van der Waals surface area (Å²) in [5, 5.41) is 3.84. The summed E-state index contributed by atoms with van der Waals surface area (Å²) < 4.78 is 17.9. The van der Waals surface area contributed by atoms with Crippen LogP contribution in [0.25, 0.3) is 0 Å². The van der Waals surface area contributed by atoms with Crippen LogP contribution in [-0.2, 0) is 20.9 Å². The minimum atomic E-state index is -0.556. The number of esters is 1. The highest BCUT2D eigenvalue weighted by atomic mass is 79.9. The average molecular weight is 589 g/mol. The van der Waals surface area contributed by atoms with Crippen molar-refractivity contribution in [2.75, 3.05) is 13.7 Å². The first-order valence-electron chi connectivity index (χ1n) is 12.2. The Labute approximate surface area is 231 Å². The Bertz CT molecular complexity index is 1310. The molecule has 8 heteroatoms. The van der Waals surface area contributed by atoms with Gasteiger partial charge in [0, 0.05) is 39.3 Å². The summed E-state index contributed by atoms with van der Waals surface area (Å²) in [5.41, 5.74) is 4.03. The molecule has 2 aromatic rings. The molecule has 0 saturated heterocycles. The van der Waals surface area contributed by atoms with Crippen LogP contribution < -0.4 is 14.8 Å². The topological polar surface area (TPSA) is 73.9 Å². The number of carbonyl (C=O) groups excluding carboxylic acids is 2. The second kappa shape index (κ2) is 10.9. The Balaban J connectivity index is 1.79. The number of ether oxygens (including phenoxy) is 3. The molecule has 0 saturated carbocycles. The number of halogens is 2. The molecule has 37 heavy (non-hydrogen) atoms. The predicted molar refractivity (Wildman–Crippen MR) is 147 cm³/mol. The van der Waals surface area contributed by atoms with Crippen molar-refractivity contribution in [2.45, 2.75) is 53.1 Å². The number of hydrogen-bond donors (Lipinski definition) is 1. The van der Waals surface area contributed by atoms with Crippen molar-refractivity contribution in [1.82, 2.24) is 5.32 Å². The minimum Gasteiger partial charge on any atom is -0.496 e. The normalized spacial score (nSPS) is 18.8. The smallest absolute Gasteiger partial charge is 0.336 e. The summed E-state index contributed by atoms with van der Waals surface area (Å²) in [6, 6.07) is 11.1. The van der Waals surface area contributed by atoms with E-state index in [1.807, 2.05) is 31.2 Å². The van der Waals surface area contributed by atoms with E-state index in [-0.39, 0.29) is 24.4 Å².